The van der Waals surface area contributed by atoms with E-state index in [9.17, 15) is 13.9 Å². The van der Waals surface area contributed by atoms with Gasteiger partial charge in [0, 0.05) is 42.4 Å². The normalized spacial score (nSPS) is 19.0. The van der Waals surface area contributed by atoms with Crippen LogP contribution in [-0.2, 0) is 0 Å². The van der Waals surface area contributed by atoms with Gasteiger partial charge in [0.25, 0.3) is 0 Å². The van der Waals surface area contributed by atoms with Gasteiger partial charge in [0.05, 0.1) is 19.2 Å². The summed E-state index contributed by atoms with van der Waals surface area (Å²) in [6, 6.07) is 11.6. The zero-order valence-electron chi connectivity index (χ0n) is 21.8. The van der Waals surface area contributed by atoms with Crippen molar-refractivity contribution >= 4 is 10.9 Å². The van der Waals surface area contributed by atoms with Crippen molar-refractivity contribution in [3.8, 4) is 17.6 Å². The van der Waals surface area contributed by atoms with Crippen molar-refractivity contribution in [3.05, 3.63) is 71.4 Å². The van der Waals surface area contributed by atoms with E-state index in [1.807, 2.05) is 18.3 Å². The molecule has 1 N–H and O–H groups in total. The average molecular weight is 508 g/mol. The lowest BCUT2D eigenvalue weighted by Gasteiger charge is -2.38. The summed E-state index contributed by atoms with van der Waals surface area (Å²) in [5.41, 5.74) is 2.52. The van der Waals surface area contributed by atoms with Gasteiger partial charge in [0.1, 0.15) is 17.4 Å². The molecule has 0 amide bonds. The molecule has 1 saturated heterocycles. The molecule has 1 aliphatic rings. The van der Waals surface area contributed by atoms with Crippen LogP contribution in [0, 0.1) is 35.3 Å². The van der Waals surface area contributed by atoms with E-state index in [0.717, 1.165) is 55.1 Å². The highest BCUT2D eigenvalue weighted by molar-refractivity contribution is 5.84. The van der Waals surface area contributed by atoms with Gasteiger partial charge in [0.15, 0.2) is 0 Å². The summed E-state index contributed by atoms with van der Waals surface area (Å²) < 4.78 is 32.2. The Hall–Kier alpha value is -3.05. The lowest BCUT2D eigenvalue weighted by molar-refractivity contribution is 0.0707. The van der Waals surface area contributed by atoms with Gasteiger partial charge in [-0.1, -0.05) is 11.8 Å². The minimum Gasteiger partial charge on any atom is -0.497 e. The van der Waals surface area contributed by atoms with Gasteiger partial charge in [-0.15, -0.1) is 0 Å². The summed E-state index contributed by atoms with van der Waals surface area (Å²) in [6.45, 7) is 2.28. The maximum absolute atomic E-state index is 13.4. The standard InChI is InChI=1S/C30H35F2N3O2/c1-34(2)30(27-10-12-33-29-8-7-26(37-3)18-28(27)29)9-6-22-11-14-35(19-23(22)20-36)13-4-5-21-15-24(31)17-25(32)16-21/h7-8,10,12,15-18,22-23,30,36H,6,9,11,13-14,19-20H2,1-3H3/t22-,23-,30-/m1/s1. The predicted molar refractivity (Wildman–Crippen MR) is 142 cm³/mol. The first-order valence-electron chi connectivity index (χ1n) is 12.7. The summed E-state index contributed by atoms with van der Waals surface area (Å²) in [7, 11) is 5.88. The maximum Gasteiger partial charge on any atom is 0.127 e. The maximum atomic E-state index is 13.4. The van der Waals surface area contributed by atoms with E-state index in [0.29, 0.717) is 18.0 Å². The Morgan fingerprint density at radius 3 is 2.62 bits per heavy atom. The Balaban J connectivity index is 1.40. The molecule has 3 aromatic rings. The number of aromatic nitrogens is 1. The molecular weight excluding hydrogens is 472 g/mol. The van der Waals surface area contributed by atoms with Crippen molar-refractivity contribution in [2.24, 2.45) is 11.8 Å². The lowest BCUT2D eigenvalue weighted by atomic mass is 9.81. The molecule has 37 heavy (non-hydrogen) atoms. The van der Waals surface area contributed by atoms with Crippen LogP contribution in [0.2, 0.25) is 0 Å². The molecule has 0 bridgehead atoms. The fourth-order valence-electron chi connectivity index (χ4n) is 5.39. The largest absolute Gasteiger partial charge is 0.497 e. The Kier molecular flexibility index (Phi) is 9.09. The molecule has 0 radical (unpaired) electrons. The Morgan fingerprint density at radius 1 is 1.14 bits per heavy atom. The van der Waals surface area contributed by atoms with Crippen LogP contribution < -0.4 is 4.74 Å². The number of fused-ring (bicyclic) bond motifs is 1. The smallest absolute Gasteiger partial charge is 0.127 e. The van der Waals surface area contributed by atoms with E-state index < -0.39 is 11.6 Å². The predicted octanol–water partition coefficient (Wildman–Crippen LogP) is 4.89. The molecule has 0 saturated carbocycles. The highest BCUT2D eigenvalue weighted by atomic mass is 19.1. The summed E-state index contributed by atoms with van der Waals surface area (Å²) in [4.78, 5) is 9.00. The molecule has 3 atom stereocenters. The van der Waals surface area contributed by atoms with Crippen molar-refractivity contribution in [3.63, 3.8) is 0 Å². The molecule has 5 nitrogen and oxygen atoms in total. The molecule has 1 aliphatic heterocycles. The van der Waals surface area contributed by atoms with Crippen molar-refractivity contribution in [2.45, 2.75) is 25.3 Å². The number of aliphatic hydroxyl groups excluding tert-OH is 1. The minimum absolute atomic E-state index is 0.131. The molecule has 7 heteroatoms. The number of nitrogens with zero attached hydrogens (tertiary/aromatic N) is 3. The zero-order chi connectivity index (χ0) is 26.4. The molecule has 4 rings (SSSR count). The number of hydrogen-bond acceptors (Lipinski definition) is 5. The first kappa shape index (κ1) is 27.0. The average Bonchev–Trinajstić information content (AvgIpc) is 2.88. The number of ether oxygens (including phenoxy) is 1. The van der Waals surface area contributed by atoms with Crippen LogP contribution in [0.15, 0.2) is 48.7 Å². The molecule has 0 aliphatic carbocycles. The lowest BCUT2D eigenvalue weighted by Crippen LogP contribution is -2.42. The summed E-state index contributed by atoms with van der Waals surface area (Å²) in [5.74, 6) is 6.04. The van der Waals surface area contributed by atoms with Gasteiger partial charge in [-0.25, -0.2) is 8.78 Å². The van der Waals surface area contributed by atoms with E-state index in [4.69, 9.17) is 4.74 Å². The molecule has 2 heterocycles. The van der Waals surface area contributed by atoms with E-state index in [1.165, 1.54) is 17.7 Å². The molecular formula is C30H35F2N3O2. The van der Waals surface area contributed by atoms with E-state index in [-0.39, 0.29) is 18.6 Å². The fourth-order valence-corrected chi connectivity index (χ4v) is 5.39. The fraction of sp³-hybridized carbons (Fsp3) is 0.433. The number of likely N-dealkylation sites (tertiary alicyclic amines) is 1. The molecule has 1 fully saturated rings. The van der Waals surface area contributed by atoms with Gasteiger partial charge in [-0.3, -0.25) is 9.88 Å². The highest BCUT2D eigenvalue weighted by Crippen LogP contribution is 2.35. The number of rotatable bonds is 8. The van der Waals surface area contributed by atoms with E-state index >= 15 is 0 Å². The number of aliphatic hydroxyl groups is 1. The van der Waals surface area contributed by atoms with E-state index in [1.54, 1.807) is 7.11 Å². The number of benzene rings is 2. The number of halogens is 2. The number of hydrogen-bond donors (Lipinski definition) is 1. The van der Waals surface area contributed by atoms with Crippen LogP contribution in [0.3, 0.4) is 0 Å². The monoisotopic (exact) mass is 507 g/mol. The first-order chi connectivity index (χ1) is 17.9. The van der Waals surface area contributed by atoms with Crippen molar-refractivity contribution < 1.29 is 18.6 Å². The molecule has 1 aromatic heterocycles. The minimum atomic E-state index is -0.625. The van der Waals surface area contributed by atoms with Crippen molar-refractivity contribution in [2.75, 3.05) is 47.4 Å². The highest BCUT2D eigenvalue weighted by Gasteiger charge is 2.29. The second-order valence-electron chi connectivity index (χ2n) is 10.0. The van der Waals surface area contributed by atoms with Crippen LogP contribution in [0.5, 0.6) is 5.75 Å². The van der Waals surface area contributed by atoms with Gasteiger partial charge < -0.3 is 14.7 Å². The third-order valence-electron chi connectivity index (χ3n) is 7.38. The molecule has 2 aromatic carbocycles. The first-order valence-corrected chi connectivity index (χ1v) is 12.7. The topological polar surface area (TPSA) is 48.8 Å². The zero-order valence-corrected chi connectivity index (χ0v) is 21.8. The number of methoxy groups -OCH3 is 1. The third-order valence-corrected chi connectivity index (χ3v) is 7.38. The quantitative estimate of drug-likeness (QED) is 0.440. The number of pyridine rings is 1. The van der Waals surface area contributed by atoms with Crippen LogP contribution in [0.1, 0.15) is 36.4 Å². The van der Waals surface area contributed by atoms with Crippen LogP contribution in [0.4, 0.5) is 8.78 Å². The second kappa shape index (κ2) is 12.5. The van der Waals surface area contributed by atoms with Crippen LogP contribution in [0.25, 0.3) is 10.9 Å². The summed E-state index contributed by atoms with van der Waals surface area (Å²) in [5, 5.41) is 11.3. The van der Waals surface area contributed by atoms with Gasteiger partial charge in [-0.2, -0.15) is 0 Å². The molecule has 196 valence electrons. The van der Waals surface area contributed by atoms with Gasteiger partial charge in [-0.05, 0) is 93.7 Å². The van der Waals surface area contributed by atoms with Crippen LogP contribution >= 0.6 is 0 Å². The van der Waals surface area contributed by atoms with Crippen molar-refractivity contribution in [1.29, 1.82) is 0 Å². The summed E-state index contributed by atoms with van der Waals surface area (Å²) in [6.07, 6.45) is 4.82. The molecule has 0 spiro atoms. The van der Waals surface area contributed by atoms with Gasteiger partial charge >= 0.3 is 0 Å². The SMILES string of the molecule is COc1ccc2nccc([C@@H](CC[C@@H]3CCN(CC#Cc4cc(F)cc(F)c4)C[C@@H]3CO)N(C)C)c2c1. The Morgan fingerprint density at radius 2 is 1.92 bits per heavy atom. The van der Waals surface area contributed by atoms with Gasteiger partial charge in [0.2, 0.25) is 0 Å². The van der Waals surface area contributed by atoms with Crippen molar-refractivity contribution in [1.82, 2.24) is 14.8 Å². The second-order valence-corrected chi connectivity index (χ2v) is 10.0. The molecule has 0 unspecified atom stereocenters. The van der Waals surface area contributed by atoms with E-state index in [2.05, 4.69) is 52.9 Å². The third kappa shape index (κ3) is 6.84. The summed E-state index contributed by atoms with van der Waals surface area (Å²) >= 11 is 0. The Bertz CT molecular complexity index is 1250. The Labute approximate surface area is 218 Å². The van der Waals surface area contributed by atoms with Crippen LogP contribution in [-0.4, -0.2) is 67.3 Å². The number of piperidine rings is 1.